The maximum Gasteiger partial charge on any atom is 0.0666 e. The third-order valence-corrected chi connectivity index (χ3v) is 4.46. The highest BCUT2D eigenvalue weighted by molar-refractivity contribution is 4.88. The van der Waals surface area contributed by atoms with Crippen LogP contribution in [0, 0.1) is 0 Å². The van der Waals surface area contributed by atoms with E-state index in [2.05, 4.69) is 19.2 Å². The summed E-state index contributed by atoms with van der Waals surface area (Å²) in [4.78, 5) is 0. The van der Waals surface area contributed by atoms with Crippen LogP contribution in [-0.2, 0) is 4.74 Å². The second-order valence-electron chi connectivity index (χ2n) is 6.03. The van der Waals surface area contributed by atoms with Crippen molar-refractivity contribution >= 4 is 0 Å². The molecule has 4 atom stereocenters. The Morgan fingerprint density at radius 2 is 2.12 bits per heavy atom. The van der Waals surface area contributed by atoms with E-state index in [9.17, 15) is 5.11 Å². The average molecular weight is 241 g/mol. The van der Waals surface area contributed by atoms with Crippen LogP contribution >= 0.6 is 0 Å². The molecule has 17 heavy (non-hydrogen) atoms. The van der Waals surface area contributed by atoms with Gasteiger partial charge in [-0.05, 0) is 51.9 Å². The summed E-state index contributed by atoms with van der Waals surface area (Å²) >= 11 is 0. The molecule has 2 fully saturated rings. The molecule has 3 nitrogen and oxygen atoms in total. The van der Waals surface area contributed by atoms with Crippen LogP contribution in [0.4, 0.5) is 0 Å². The largest absolute Gasteiger partial charge is 0.393 e. The van der Waals surface area contributed by atoms with E-state index in [4.69, 9.17) is 4.74 Å². The lowest BCUT2D eigenvalue weighted by Crippen LogP contribution is -2.49. The number of nitrogens with one attached hydrogen (secondary N) is 1. The van der Waals surface area contributed by atoms with Crippen molar-refractivity contribution in [2.75, 3.05) is 6.61 Å². The molecule has 0 bridgehead atoms. The molecule has 4 unspecified atom stereocenters. The summed E-state index contributed by atoms with van der Waals surface area (Å²) < 4.78 is 5.87. The van der Waals surface area contributed by atoms with Crippen molar-refractivity contribution in [1.29, 1.82) is 0 Å². The fraction of sp³-hybridized carbons (Fsp3) is 1.00. The Hall–Kier alpha value is -0.120. The van der Waals surface area contributed by atoms with Gasteiger partial charge in [0.05, 0.1) is 11.7 Å². The van der Waals surface area contributed by atoms with Gasteiger partial charge >= 0.3 is 0 Å². The van der Waals surface area contributed by atoms with Gasteiger partial charge in [-0.25, -0.2) is 0 Å². The summed E-state index contributed by atoms with van der Waals surface area (Å²) in [7, 11) is 0. The SMILES string of the molecule is CCC1(C)CC(NC2CCCC(O)C2)CCO1. The Morgan fingerprint density at radius 1 is 1.29 bits per heavy atom. The third-order valence-electron chi connectivity index (χ3n) is 4.46. The molecule has 0 aromatic carbocycles. The van der Waals surface area contributed by atoms with Gasteiger partial charge in [-0.3, -0.25) is 0 Å². The number of aliphatic hydroxyl groups excluding tert-OH is 1. The fourth-order valence-electron chi connectivity index (χ4n) is 3.17. The molecular formula is C14H27NO2. The van der Waals surface area contributed by atoms with Gasteiger partial charge in [0.25, 0.3) is 0 Å². The molecule has 1 aliphatic carbocycles. The van der Waals surface area contributed by atoms with Gasteiger partial charge in [0.15, 0.2) is 0 Å². The van der Waals surface area contributed by atoms with Crippen molar-refractivity contribution in [3.63, 3.8) is 0 Å². The molecule has 1 saturated carbocycles. The van der Waals surface area contributed by atoms with E-state index in [1.807, 2.05) is 0 Å². The minimum Gasteiger partial charge on any atom is -0.393 e. The van der Waals surface area contributed by atoms with Gasteiger partial charge in [-0.15, -0.1) is 0 Å². The topological polar surface area (TPSA) is 41.5 Å². The third kappa shape index (κ3) is 3.67. The van der Waals surface area contributed by atoms with Crippen molar-refractivity contribution in [2.45, 2.75) is 82.6 Å². The highest BCUT2D eigenvalue weighted by Gasteiger charge is 2.33. The van der Waals surface area contributed by atoms with Crippen LogP contribution in [-0.4, -0.2) is 35.5 Å². The maximum absolute atomic E-state index is 9.69. The van der Waals surface area contributed by atoms with Gasteiger partial charge in [-0.2, -0.15) is 0 Å². The molecule has 100 valence electrons. The van der Waals surface area contributed by atoms with E-state index < -0.39 is 0 Å². The van der Waals surface area contributed by atoms with E-state index in [1.54, 1.807) is 0 Å². The highest BCUT2D eigenvalue weighted by Crippen LogP contribution is 2.29. The van der Waals surface area contributed by atoms with Crippen LogP contribution in [0.2, 0.25) is 0 Å². The molecule has 0 aromatic heterocycles. The molecule has 1 saturated heterocycles. The van der Waals surface area contributed by atoms with Crippen LogP contribution in [0.1, 0.15) is 58.8 Å². The number of hydrogen-bond acceptors (Lipinski definition) is 3. The lowest BCUT2D eigenvalue weighted by Gasteiger charge is -2.40. The van der Waals surface area contributed by atoms with Crippen LogP contribution in [0.3, 0.4) is 0 Å². The molecule has 0 spiro atoms. The van der Waals surface area contributed by atoms with E-state index in [1.165, 1.54) is 6.42 Å². The summed E-state index contributed by atoms with van der Waals surface area (Å²) in [5.41, 5.74) is 0.0587. The molecule has 0 amide bonds. The first-order chi connectivity index (χ1) is 8.11. The Balaban J connectivity index is 1.82. The summed E-state index contributed by atoms with van der Waals surface area (Å²) in [6, 6.07) is 1.09. The summed E-state index contributed by atoms with van der Waals surface area (Å²) in [6.45, 7) is 5.29. The Labute approximate surface area is 105 Å². The minimum absolute atomic E-state index is 0.0587. The minimum atomic E-state index is -0.0846. The molecule has 2 rings (SSSR count). The monoisotopic (exact) mass is 241 g/mol. The van der Waals surface area contributed by atoms with E-state index in [-0.39, 0.29) is 11.7 Å². The van der Waals surface area contributed by atoms with E-state index in [0.29, 0.717) is 12.1 Å². The van der Waals surface area contributed by atoms with Crippen LogP contribution < -0.4 is 5.32 Å². The van der Waals surface area contributed by atoms with Gasteiger partial charge in [0.2, 0.25) is 0 Å². The van der Waals surface area contributed by atoms with Gasteiger partial charge in [-0.1, -0.05) is 6.92 Å². The fourth-order valence-corrected chi connectivity index (χ4v) is 3.17. The molecular weight excluding hydrogens is 214 g/mol. The summed E-state index contributed by atoms with van der Waals surface area (Å²) in [5.74, 6) is 0. The van der Waals surface area contributed by atoms with Gasteiger partial charge in [0.1, 0.15) is 0 Å². The Morgan fingerprint density at radius 3 is 2.82 bits per heavy atom. The van der Waals surface area contributed by atoms with Gasteiger partial charge in [0, 0.05) is 18.7 Å². The zero-order chi connectivity index (χ0) is 12.3. The predicted molar refractivity (Wildman–Crippen MR) is 69.1 cm³/mol. The number of rotatable bonds is 3. The lowest BCUT2D eigenvalue weighted by molar-refractivity contribution is -0.0800. The molecule has 2 aliphatic rings. The molecule has 1 aliphatic heterocycles. The van der Waals surface area contributed by atoms with Crippen molar-refractivity contribution in [2.24, 2.45) is 0 Å². The van der Waals surface area contributed by atoms with E-state index in [0.717, 1.165) is 45.1 Å². The van der Waals surface area contributed by atoms with Crippen molar-refractivity contribution in [3.05, 3.63) is 0 Å². The lowest BCUT2D eigenvalue weighted by atomic mass is 9.87. The smallest absolute Gasteiger partial charge is 0.0666 e. The van der Waals surface area contributed by atoms with Crippen molar-refractivity contribution in [3.8, 4) is 0 Å². The number of aliphatic hydroxyl groups is 1. The van der Waals surface area contributed by atoms with Crippen LogP contribution in [0.25, 0.3) is 0 Å². The number of ether oxygens (including phenoxy) is 1. The van der Waals surface area contributed by atoms with Gasteiger partial charge < -0.3 is 15.2 Å². The first-order valence-electron chi connectivity index (χ1n) is 7.19. The van der Waals surface area contributed by atoms with Crippen molar-refractivity contribution in [1.82, 2.24) is 5.32 Å². The average Bonchev–Trinajstić information content (AvgIpc) is 2.29. The Kier molecular flexibility index (Phi) is 4.45. The zero-order valence-corrected chi connectivity index (χ0v) is 11.2. The molecule has 0 aromatic rings. The standard InChI is InChI=1S/C14H27NO2/c1-3-14(2)10-12(7-8-17-14)15-11-5-4-6-13(16)9-11/h11-13,15-16H,3-10H2,1-2H3. The molecule has 2 N–H and O–H groups in total. The highest BCUT2D eigenvalue weighted by atomic mass is 16.5. The maximum atomic E-state index is 9.69. The molecule has 3 heteroatoms. The first kappa shape index (κ1) is 13.3. The summed E-state index contributed by atoms with van der Waals surface area (Å²) in [6.07, 6.45) is 7.51. The second kappa shape index (κ2) is 5.68. The molecule has 1 heterocycles. The first-order valence-corrected chi connectivity index (χ1v) is 7.19. The predicted octanol–water partition coefficient (Wildman–Crippen LogP) is 2.23. The summed E-state index contributed by atoms with van der Waals surface area (Å²) in [5, 5.41) is 13.4. The zero-order valence-electron chi connectivity index (χ0n) is 11.2. The Bertz CT molecular complexity index is 246. The normalized spacial score (nSPS) is 43.6. The second-order valence-corrected chi connectivity index (χ2v) is 6.03. The molecule has 0 radical (unpaired) electrons. The quantitative estimate of drug-likeness (QED) is 0.796. The van der Waals surface area contributed by atoms with Crippen molar-refractivity contribution < 1.29 is 9.84 Å². The van der Waals surface area contributed by atoms with E-state index >= 15 is 0 Å². The van der Waals surface area contributed by atoms with Crippen LogP contribution in [0.5, 0.6) is 0 Å². The number of hydrogen-bond donors (Lipinski definition) is 2. The van der Waals surface area contributed by atoms with Crippen LogP contribution in [0.15, 0.2) is 0 Å².